The van der Waals surface area contributed by atoms with Crippen LogP contribution in [0.1, 0.15) is 16.8 Å². The Labute approximate surface area is 198 Å². The van der Waals surface area contributed by atoms with Gasteiger partial charge in [0.2, 0.25) is 0 Å². The van der Waals surface area contributed by atoms with Crippen molar-refractivity contribution >= 4 is 5.82 Å². The average molecular weight is 478 g/mol. The maximum Gasteiger partial charge on any atom is 0.417 e. The summed E-state index contributed by atoms with van der Waals surface area (Å²) in [5, 5.41) is 19.3. The summed E-state index contributed by atoms with van der Waals surface area (Å²) in [6.07, 6.45) is 2.04. The standard InChI is InChI=1S/C24H21F3N8/c1-15-8-23(32-31-15)35-22(10-21(33-35)18-13-30-34(2)14-18)29-11-16-5-6-20(24(25,26)27)19(9-16)17-4-3-7-28-12-17/h3-10,12-14,29H,11H2,1-2H3,(H,31,32). The lowest BCUT2D eigenvalue weighted by Gasteiger charge is -2.15. The van der Waals surface area contributed by atoms with Gasteiger partial charge in [0.05, 0.1) is 17.5 Å². The number of H-pyrrole nitrogens is 1. The third kappa shape index (κ3) is 4.65. The van der Waals surface area contributed by atoms with Gasteiger partial charge >= 0.3 is 6.18 Å². The van der Waals surface area contributed by atoms with E-state index in [0.29, 0.717) is 28.5 Å². The predicted molar refractivity (Wildman–Crippen MR) is 125 cm³/mol. The Kier molecular flexibility index (Phi) is 5.59. The molecule has 0 atom stereocenters. The van der Waals surface area contributed by atoms with Crippen LogP contribution in [-0.4, -0.2) is 34.7 Å². The summed E-state index contributed by atoms with van der Waals surface area (Å²) in [6, 6.07) is 11.0. The lowest BCUT2D eigenvalue weighted by Crippen LogP contribution is -2.10. The van der Waals surface area contributed by atoms with Gasteiger partial charge in [-0.1, -0.05) is 12.1 Å². The van der Waals surface area contributed by atoms with E-state index >= 15 is 0 Å². The fraction of sp³-hybridized carbons (Fsp3) is 0.167. The van der Waals surface area contributed by atoms with Crippen molar-refractivity contribution in [3.05, 3.63) is 84.1 Å². The summed E-state index contributed by atoms with van der Waals surface area (Å²) < 4.78 is 44.3. The number of aryl methyl sites for hydroxylation is 2. The van der Waals surface area contributed by atoms with Crippen LogP contribution in [0.2, 0.25) is 0 Å². The molecule has 178 valence electrons. The fourth-order valence-electron chi connectivity index (χ4n) is 3.79. The van der Waals surface area contributed by atoms with Crippen molar-refractivity contribution < 1.29 is 13.2 Å². The fourth-order valence-corrected chi connectivity index (χ4v) is 3.79. The zero-order chi connectivity index (χ0) is 24.6. The Morgan fingerprint density at radius 3 is 2.57 bits per heavy atom. The molecule has 5 rings (SSSR count). The molecule has 8 nitrogen and oxygen atoms in total. The highest BCUT2D eigenvalue weighted by atomic mass is 19.4. The third-order valence-corrected chi connectivity index (χ3v) is 5.45. The van der Waals surface area contributed by atoms with Gasteiger partial charge in [-0.05, 0) is 36.2 Å². The van der Waals surface area contributed by atoms with Crippen LogP contribution in [0.25, 0.3) is 28.2 Å². The third-order valence-electron chi connectivity index (χ3n) is 5.45. The Morgan fingerprint density at radius 1 is 1.06 bits per heavy atom. The van der Waals surface area contributed by atoms with Gasteiger partial charge in [-0.15, -0.1) is 0 Å². The summed E-state index contributed by atoms with van der Waals surface area (Å²) in [5.41, 5.74) is 2.83. The molecule has 0 fully saturated rings. The van der Waals surface area contributed by atoms with E-state index in [0.717, 1.165) is 17.3 Å². The molecule has 0 amide bonds. The molecule has 0 saturated carbocycles. The topological polar surface area (TPSA) is 89.2 Å². The van der Waals surface area contributed by atoms with Gasteiger partial charge in [0.25, 0.3) is 0 Å². The van der Waals surface area contributed by atoms with E-state index in [1.807, 2.05) is 32.3 Å². The molecule has 4 heterocycles. The minimum absolute atomic E-state index is 0.0809. The SMILES string of the molecule is Cc1cc(-n2nc(-c3cnn(C)c3)cc2NCc2ccc(C(F)(F)F)c(-c3cccnc3)c2)n[nH]1. The van der Waals surface area contributed by atoms with Gasteiger partial charge in [0.15, 0.2) is 5.82 Å². The second kappa shape index (κ2) is 8.75. The molecule has 5 aromatic rings. The first-order valence-electron chi connectivity index (χ1n) is 10.7. The molecule has 1 aromatic carbocycles. The van der Waals surface area contributed by atoms with Crippen LogP contribution in [0.5, 0.6) is 0 Å². The van der Waals surface area contributed by atoms with Gasteiger partial charge in [-0.2, -0.15) is 33.1 Å². The Morgan fingerprint density at radius 2 is 1.91 bits per heavy atom. The Bertz CT molecular complexity index is 1460. The van der Waals surface area contributed by atoms with Crippen molar-refractivity contribution in [1.82, 2.24) is 34.7 Å². The average Bonchev–Trinajstić information content (AvgIpc) is 3.57. The molecule has 35 heavy (non-hydrogen) atoms. The molecule has 4 aromatic heterocycles. The molecule has 0 saturated heterocycles. The van der Waals surface area contributed by atoms with Crippen molar-refractivity contribution in [2.45, 2.75) is 19.6 Å². The highest BCUT2D eigenvalue weighted by Gasteiger charge is 2.33. The van der Waals surface area contributed by atoms with Gasteiger partial charge < -0.3 is 5.32 Å². The van der Waals surface area contributed by atoms with Crippen molar-refractivity contribution in [2.24, 2.45) is 7.05 Å². The quantitative estimate of drug-likeness (QED) is 0.359. The number of aromatic amines is 1. The first-order chi connectivity index (χ1) is 16.8. The number of hydrogen-bond donors (Lipinski definition) is 2. The van der Waals surface area contributed by atoms with Crippen LogP contribution in [0.15, 0.2) is 67.3 Å². The van der Waals surface area contributed by atoms with E-state index < -0.39 is 11.7 Å². The number of halogens is 3. The zero-order valence-corrected chi connectivity index (χ0v) is 18.9. The minimum Gasteiger partial charge on any atom is -0.366 e. The van der Waals surface area contributed by atoms with Crippen molar-refractivity contribution in [1.29, 1.82) is 0 Å². The molecular weight excluding hydrogens is 457 g/mol. The zero-order valence-electron chi connectivity index (χ0n) is 18.9. The molecule has 0 aliphatic heterocycles. The highest BCUT2D eigenvalue weighted by Crippen LogP contribution is 2.37. The van der Waals surface area contributed by atoms with Crippen LogP contribution in [0.3, 0.4) is 0 Å². The van der Waals surface area contributed by atoms with Crippen molar-refractivity contribution in [2.75, 3.05) is 5.32 Å². The van der Waals surface area contributed by atoms with E-state index in [1.165, 1.54) is 24.5 Å². The lowest BCUT2D eigenvalue weighted by atomic mass is 9.98. The van der Waals surface area contributed by atoms with Gasteiger partial charge in [0, 0.05) is 61.1 Å². The number of hydrogen-bond acceptors (Lipinski definition) is 5. The highest BCUT2D eigenvalue weighted by molar-refractivity contribution is 5.68. The summed E-state index contributed by atoms with van der Waals surface area (Å²) in [6.45, 7) is 2.16. The monoisotopic (exact) mass is 478 g/mol. The van der Waals surface area contributed by atoms with Crippen LogP contribution in [-0.2, 0) is 19.8 Å². The summed E-state index contributed by atoms with van der Waals surface area (Å²) in [7, 11) is 1.82. The first kappa shape index (κ1) is 22.4. The number of aromatic nitrogens is 7. The second-order valence-corrected chi connectivity index (χ2v) is 8.11. The van der Waals surface area contributed by atoms with Gasteiger partial charge in [-0.25, -0.2) is 0 Å². The maximum absolute atomic E-state index is 13.7. The van der Waals surface area contributed by atoms with Crippen LogP contribution in [0, 0.1) is 6.92 Å². The normalized spacial score (nSPS) is 11.7. The summed E-state index contributed by atoms with van der Waals surface area (Å²) in [5.74, 6) is 1.22. The molecule has 2 N–H and O–H groups in total. The van der Waals surface area contributed by atoms with Gasteiger partial charge in [0.1, 0.15) is 5.82 Å². The molecule has 11 heteroatoms. The number of pyridine rings is 1. The lowest BCUT2D eigenvalue weighted by molar-refractivity contribution is -0.137. The number of benzene rings is 1. The first-order valence-corrected chi connectivity index (χ1v) is 10.7. The van der Waals surface area contributed by atoms with Crippen molar-refractivity contribution in [3.63, 3.8) is 0 Å². The molecule has 0 aliphatic rings. The molecule has 0 bridgehead atoms. The smallest absolute Gasteiger partial charge is 0.366 e. The number of rotatable bonds is 6. The molecule has 0 unspecified atom stereocenters. The summed E-state index contributed by atoms with van der Waals surface area (Å²) >= 11 is 0. The van der Waals surface area contributed by atoms with Gasteiger partial charge in [-0.3, -0.25) is 14.8 Å². The van der Waals surface area contributed by atoms with E-state index in [1.54, 1.807) is 27.7 Å². The van der Waals surface area contributed by atoms with E-state index in [-0.39, 0.29) is 12.1 Å². The Hall–Kier alpha value is -4.41. The summed E-state index contributed by atoms with van der Waals surface area (Å²) in [4.78, 5) is 3.98. The number of anilines is 1. The van der Waals surface area contributed by atoms with Crippen molar-refractivity contribution in [3.8, 4) is 28.2 Å². The molecule has 0 spiro atoms. The van der Waals surface area contributed by atoms with Crippen LogP contribution in [0.4, 0.5) is 19.0 Å². The van der Waals surface area contributed by atoms with E-state index in [9.17, 15) is 13.2 Å². The Balaban J connectivity index is 1.49. The molecule has 0 aliphatic carbocycles. The number of nitrogens with zero attached hydrogens (tertiary/aromatic N) is 6. The van der Waals surface area contributed by atoms with Crippen LogP contribution < -0.4 is 5.32 Å². The largest absolute Gasteiger partial charge is 0.417 e. The maximum atomic E-state index is 13.7. The molecular formula is C24H21F3N8. The molecule has 0 radical (unpaired) electrons. The second-order valence-electron chi connectivity index (χ2n) is 8.11. The number of nitrogens with one attached hydrogen (secondary N) is 2. The van der Waals surface area contributed by atoms with Crippen LogP contribution >= 0.6 is 0 Å². The minimum atomic E-state index is -4.48. The predicted octanol–water partition coefficient (Wildman–Crippen LogP) is 5.00. The van der Waals surface area contributed by atoms with E-state index in [4.69, 9.17) is 0 Å². The van der Waals surface area contributed by atoms with E-state index in [2.05, 4.69) is 30.7 Å². The number of alkyl halides is 3.